The lowest BCUT2D eigenvalue weighted by Crippen LogP contribution is -2.27. The molecule has 118 valence electrons. The van der Waals surface area contributed by atoms with E-state index < -0.39 is 0 Å². The van der Waals surface area contributed by atoms with Crippen LogP contribution in [0.25, 0.3) is 11.3 Å². The van der Waals surface area contributed by atoms with E-state index in [9.17, 15) is 9.18 Å². The number of nitrogens with zero attached hydrogens (tertiary/aromatic N) is 1. The van der Waals surface area contributed by atoms with Gasteiger partial charge in [0, 0.05) is 26.4 Å². The molecule has 0 saturated carbocycles. The smallest absolute Gasteiger partial charge is 0.222 e. The molecule has 0 aliphatic rings. The van der Waals surface area contributed by atoms with Crippen molar-refractivity contribution in [3.05, 3.63) is 48.0 Å². The summed E-state index contributed by atoms with van der Waals surface area (Å²) in [6, 6.07) is 10.1. The molecule has 0 unspecified atom stereocenters. The van der Waals surface area contributed by atoms with Crippen LogP contribution >= 0.6 is 0 Å². The number of furan rings is 1. The van der Waals surface area contributed by atoms with E-state index in [1.807, 2.05) is 7.05 Å². The monoisotopic (exact) mass is 303 g/mol. The molecular weight excluding hydrogens is 281 g/mol. The topological polar surface area (TPSA) is 33.5 Å². The molecule has 3 nitrogen and oxygen atoms in total. The Bertz CT molecular complexity index is 621. The Kier molecular flexibility index (Phi) is 5.75. The minimum atomic E-state index is -0.307. The van der Waals surface area contributed by atoms with Crippen molar-refractivity contribution in [2.75, 3.05) is 13.6 Å². The number of unbranched alkanes of at least 4 members (excludes halogenated alkanes) is 1. The molecule has 22 heavy (non-hydrogen) atoms. The zero-order chi connectivity index (χ0) is 15.9. The third-order valence-electron chi connectivity index (χ3n) is 3.66. The summed E-state index contributed by atoms with van der Waals surface area (Å²) in [6.45, 7) is 2.89. The molecule has 0 fully saturated rings. The number of aryl methyl sites for hydroxylation is 1. The minimum Gasteiger partial charge on any atom is -0.461 e. The van der Waals surface area contributed by atoms with Gasteiger partial charge in [-0.1, -0.05) is 25.5 Å². The molecule has 0 aliphatic heterocycles. The van der Waals surface area contributed by atoms with Crippen molar-refractivity contribution in [3.8, 4) is 11.3 Å². The second-order valence-electron chi connectivity index (χ2n) is 5.41. The fourth-order valence-electron chi connectivity index (χ4n) is 2.26. The van der Waals surface area contributed by atoms with E-state index in [1.165, 1.54) is 6.07 Å². The minimum absolute atomic E-state index is 0.109. The molecule has 2 aromatic rings. The van der Waals surface area contributed by atoms with Gasteiger partial charge in [0.1, 0.15) is 17.3 Å². The van der Waals surface area contributed by atoms with Crippen molar-refractivity contribution in [1.82, 2.24) is 4.90 Å². The van der Waals surface area contributed by atoms with Gasteiger partial charge in [-0.25, -0.2) is 4.39 Å². The summed E-state index contributed by atoms with van der Waals surface area (Å²) in [5.41, 5.74) is 0.445. The van der Waals surface area contributed by atoms with Gasteiger partial charge >= 0.3 is 0 Å². The molecule has 2 rings (SSSR count). The molecule has 1 aromatic carbocycles. The summed E-state index contributed by atoms with van der Waals surface area (Å²) in [7, 11) is 1.82. The van der Waals surface area contributed by atoms with E-state index >= 15 is 0 Å². The number of carbonyl (C=O) groups is 1. The summed E-state index contributed by atoms with van der Waals surface area (Å²) >= 11 is 0. The summed E-state index contributed by atoms with van der Waals surface area (Å²) in [5, 5.41) is 0. The van der Waals surface area contributed by atoms with E-state index in [2.05, 4.69) is 6.92 Å². The first kappa shape index (κ1) is 16.3. The first-order valence-electron chi connectivity index (χ1n) is 7.69. The average molecular weight is 303 g/mol. The van der Waals surface area contributed by atoms with Gasteiger partial charge in [0.15, 0.2) is 0 Å². The highest BCUT2D eigenvalue weighted by molar-refractivity contribution is 5.76. The van der Waals surface area contributed by atoms with Crippen LogP contribution in [-0.2, 0) is 11.2 Å². The zero-order valence-corrected chi connectivity index (χ0v) is 13.1. The average Bonchev–Trinajstić information content (AvgIpc) is 2.99. The SMILES string of the molecule is CCCCN(C)C(=O)CCc1ccc(-c2ccccc2F)o1. The van der Waals surface area contributed by atoms with Crippen LogP contribution in [0.5, 0.6) is 0 Å². The predicted octanol–water partition coefficient (Wildman–Crippen LogP) is 4.28. The Balaban J connectivity index is 1.93. The molecular formula is C18H22FNO2. The maximum absolute atomic E-state index is 13.7. The van der Waals surface area contributed by atoms with E-state index in [1.54, 1.807) is 35.2 Å². The fourth-order valence-corrected chi connectivity index (χ4v) is 2.26. The highest BCUT2D eigenvalue weighted by atomic mass is 19.1. The second-order valence-corrected chi connectivity index (χ2v) is 5.41. The fraction of sp³-hybridized carbons (Fsp3) is 0.389. The van der Waals surface area contributed by atoms with Gasteiger partial charge in [-0.2, -0.15) is 0 Å². The van der Waals surface area contributed by atoms with Crippen LogP contribution < -0.4 is 0 Å². The Morgan fingerprint density at radius 2 is 2.00 bits per heavy atom. The molecule has 0 spiro atoms. The van der Waals surface area contributed by atoms with Crippen molar-refractivity contribution in [1.29, 1.82) is 0 Å². The molecule has 0 aliphatic carbocycles. The first-order valence-corrected chi connectivity index (χ1v) is 7.69. The molecule has 4 heteroatoms. The van der Waals surface area contributed by atoms with Crippen molar-refractivity contribution >= 4 is 5.91 Å². The maximum atomic E-state index is 13.7. The molecule has 0 bridgehead atoms. The van der Waals surface area contributed by atoms with E-state index in [4.69, 9.17) is 4.42 Å². The molecule has 1 aromatic heterocycles. The lowest BCUT2D eigenvalue weighted by atomic mass is 10.1. The van der Waals surface area contributed by atoms with E-state index in [0.29, 0.717) is 29.9 Å². The predicted molar refractivity (Wildman–Crippen MR) is 85.0 cm³/mol. The van der Waals surface area contributed by atoms with Crippen molar-refractivity contribution in [2.45, 2.75) is 32.6 Å². The van der Waals surface area contributed by atoms with Crippen LogP contribution in [0.2, 0.25) is 0 Å². The van der Waals surface area contributed by atoms with Crippen molar-refractivity contribution in [3.63, 3.8) is 0 Å². The van der Waals surface area contributed by atoms with Gasteiger partial charge in [0.2, 0.25) is 5.91 Å². The van der Waals surface area contributed by atoms with Gasteiger partial charge < -0.3 is 9.32 Å². The number of halogens is 1. The quantitative estimate of drug-likeness (QED) is 0.765. The van der Waals surface area contributed by atoms with Gasteiger partial charge in [0.25, 0.3) is 0 Å². The molecule has 0 radical (unpaired) electrons. The van der Waals surface area contributed by atoms with Crippen LogP contribution in [0, 0.1) is 5.82 Å². The van der Waals surface area contributed by atoms with Gasteiger partial charge in [-0.15, -0.1) is 0 Å². The Morgan fingerprint density at radius 1 is 1.23 bits per heavy atom. The van der Waals surface area contributed by atoms with Crippen LogP contribution in [0.3, 0.4) is 0 Å². The Morgan fingerprint density at radius 3 is 2.73 bits per heavy atom. The number of rotatable bonds is 7. The largest absolute Gasteiger partial charge is 0.461 e. The third-order valence-corrected chi connectivity index (χ3v) is 3.66. The van der Waals surface area contributed by atoms with Crippen molar-refractivity contribution < 1.29 is 13.6 Å². The third kappa shape index (κ3) is 4.20. The maximum Gasteiger partial charge on any atom is 0.222 e. The summed E-state index contributed by atoms with van der Waals surface area (Å²) < 4.78 is 19.4. The highest BCUT2D eigenvalue weighted by Gasteiger charge is 2.12. The Hall–Kier alpha value is -2.10. The second kappa shape index (κ2) is 7.78. The van der Waals surface area contributed by atoms with Gasteiger partial charge in [0.05, 0.1) is 5.56 Å². The first-order chi connectivity index (χ1) is 10.6. The van der Waals surface area contributed by atoms with Crippen LogP contribution in [0.1, 0.15) is 31.9 Å². The van der Waals surface area contributed by atoms with Gasteiger partial charge in [-0.3, -0.25) is 4.79 Å². The lowest BCUT2D eigenvalue weighted by molar-refractivity contribution is -0.129. The van der Waals surface area contributed by atoms with Gasteiger partial charge in [-0.05, 0) is 30.7 Å². The Labute approximate surface area is 130 Å². The summed E-state index contributed by atoms with van der Waals surface area (Å²) in [4.78, 5) is 13.7. The highest BCUT2D eigenvalue weighted by Crippen LogP contribution is 2.25. The molecule has 1 amide bonds. The molecule has 0 N–H and O–H groups in total. The normalized spacial score (nSPS) is 10.7. The van der Waals surface area contributed by atoms with Crippen molar-refractivity contribution in [2.24, 2.45) is 0 Å². The number of benzene rings is 1. The van der Waals surface area contributed by atoms with Crippen LogP contribution in [0.15, 0.2) is 40.8 Å². The number of amides is 1. The lowest BCUT2D eigenvalue weighted by Gasteiger charge is -2.16. The van der Waals surface area contributed by atoms with E-state index in [0.717, 1.165) is 19.4 Å². The molecule has 0 atom stereocenters. The number of carbonyl (C=O) groups excluding carboxylic acids is 1. The van der Waals surface area contributed by atoms with E-state index in [-0.39, 0.29) is 11.7 Å². The number of hydrogen-bond acceptors (Lipinski definition) is 2. The standard InChI is InChI=1S/C18H22FNO2/c1-3-4-13-20(2)18(21)12-10-14-9-11-17(22-14)15-7-5-6-8-16(15)19/h5-9,11H,3-4,10,12-13H2,1-2H3. The van der Waals surface area contributed by atoms with Crippen LogP contribution in [-0.4, -0.2) is 24.4 Å². The molecule has 1 heterocycles. The zero-order valence-electron chi connectivity index (χ0n) is 13.1. The van der Waals surface area contributed by atoms with Crippen LogP contribution in [0.4, 0.5) is 4.39 Å². The summed E-state index contributed by atoms with van der Waals surface area (Å²) in [5.74, 6) is 1.01. The summed E-state index contributed by atoms with van der Waals surface area (Å²) in [6.07, 6.45) is 3.02. The number of hydrogen-bond donors (Lipinski definition) is 0. The molecule has 0 saturated heterocycles.